The largest absolute Gasteiger partial charge is 0.493 e. The molecule has 1 atom stereocenters. The molecular weight excluding hydrogens is 269 g/mol. The van der Waals surface area contributed by atoms with E-state index in [0.29, 0.717) is 18.7 Å². The molecule has 1 heterocycles. The van der Waals surface area contributed by atoms with E-state index in [1.165, 1.54) is 6.07 Å². The van der Waals surface area contributed by atoms with Crippen molar-refractivity contribution in [1.82, 2.24) is 5.32 Å². The smallest absolute Gasteiger partial charge is 0.164 e. The lowest BCUT2D eigenvalue weighted by atomic mass is 10.0. The maximum atomic E-state index is 13.6. The molecule has 0 saturated carbocycles. The van der Waals surface area contributed by atoms with E-state index in [4.69, 9.17) is 9.47 Å². The van der Waals surface area contributed by atoms with Gasteiger partial charge in [0.25, 0.3) is 0 Å². The molecule has 0 fully saturated rings. The van der Waals surface area contributed by atoms with Gasteiger partial charge in [0.15, 0.2) is 11.5 Å². The number of para-hydroxylation sites is 1. The first kappa shape index (κ1) is 13.9. The van der Waals surface area contributed by atoms with E-state index in [0.717, 1.165) is 23.5 Å². The van der Waals surface area contributed by atoms with Crippen molar-refractivity contribution >= 4 is 0 Å². The summed E-state index contributed by atoms with van der Waals surface area (Å²) in [6.45, 7) is 1.06. The number of methoxy groups -OCH3 is 1. The Labute approximate surface area is 123 Å². The van der Waals surface area contributed by atoms with E-state index in [1.54, 1.807) is 19.2 Å². The number of benzene rings is 2. The van der Waals surface area contributed by atoms with E-state index in [2.05, 4.69) is 5.32 Å². The molecule has 0 aliphatic carbocycles. The van der Waals surface area contributed by atoms with Gasteiger partial charge < -0.3 is 14.8 Å². The van der Waals surface area contributed by atoms with Gasteiger partial charge in [-0.2, -0.15) is 0 Å². The first-order valence-electron chi connectivity index (χ1n) is 7.03. The fraction of sp³-hybridized carbons (Fsp3) is 0.294. The molecule has 2 aromatic carbocycles. The number of rotatable bonds is 4. The van der Waals surface area contributed by atoms with Crippen LogP contribution >= 0.6 is 0 Å². The zero-order valence-electron chi connectivity index (χ0n) is 11.9. The van der Waals surface area contributed by atoms with Crippen LogP contribution in [0, 0.1) is 5.82 Å². The Morgan fingerprint density at radius 3 is 2.90 bits per heavy atom. The first-order valence-corrected chi connectivity index (χ1v) is 7.03. The van der Waals surface area contributed by atoms with Gasteiger partial charge in [-0.3, -0.25) is 0 Å². The molecule has 3 nitrogen and oxygen atoms in total. The van der Waals surface area contributed by atoms with Crippen LogP contribution in [0.15, 0.2) is 42.5 Å². The first-order chi connectivity index (χ1) is 10.3. The highest BCUT2D eigenvalue weighted by Crippen LogP contribution is 2.34. The monoisotopic (exact) mass is 287 g/mol. The predicted molar refractivity (Wildman–Crippen MR) is 79.2 cm³/mol. The van der Waals surface area contributed by atoms with Gasteiger partial charge in [-0.1, -0.05) is 30.3 Å². The molecule has 1 N–H and O–H groups in total. The average molecular weight is 287 g/mol. The Balaban J connectivity index is 1.66. The van der Waals surface area contributed by atoms with Crippen molar-refractivity contribution in [2.45, 2.75) is 19.0 Å². The number of nitrogens with one attached hydrogen (secondary N) is 1. The summed E-state index contributed by atoms with van der Waals surface area (Å²) < 4.78 is 24.7. The molecule has 0 amide bonds. The normalized spacial score (nSPS) is 17.0. The highest BCUT2D eigenvalue weighted by atomic mass is 19.1. The highest BCUT2D eigenvalue weighted by molar-refractivity contribution is 5.48. The second-order valence-electron chi connectivity index (χ2n) is 5.13. The second kappa shape index (κ2) is 6.14. The van der Waals surface area contributed by atoms with Crippen molar-refractivity contribution < 1.29 is 13.9 Å². The Morgan fingerprint density at radius 1 is 1.24 bits per heavy atom. The third-order valence-electron chi connectivity index (χ3n) is 3.71. The summed E-state index contributed by atoms with van der Waals surface area (Å²) in [6.07, 6.45) is 0.848. The van der Waals surface area contributed by atoms with E-state index in [-0.39, 0.29) is 11.9 Å². The third kappa shape index (κ3) is 3.00. The van der Waals surface area contributed by atoms with Crippen LogP contribution in [0.4, 0.5) is 4.39 Å². The van der Waals surface area contributed by atoms with Gasteiger partial charge in [-0.25, -0.2) is 4.39 Å². The molecule has 110 valence electrons. The highest BCUT2D eigenvalue weighted by Gasteiger charge is 2.22. The zero-order valence-corrected chi connectivity index (χ0v) is 11.9. The van der Waals surface area contributed by atoms with Gasteiger partial charge in [-0.05, 0) is 24.1 Å². The molecule has 0 saturated heterocycles. The summed E-state index contributed by atoms with van der Waals surface area (Å²) in [5.74, 6) is 1.41. The summed E-state index contributed by atoms with van der Waals surface area (Å²) in [4.78, 5) is 0. The molecule has 21 heavy (non-hydrogen) atoms. The van der Waals surface area contributed by atoms with Crippen LogP contribution in [-0.2, 0) is 13.0 Å². The average Bonchev–Trinajstić information content (AvgIpc) is 2.53. The Kier molecular flexibility index (Phi) is 4.06. The molecule has 2 aromatic rings. The minimum atomic E-state index is -0.177. The molecule has 1 aliphatic rings. The van der Waals surface area contributed by atoms with E-state index < -0.39 is 0 Å². The summed E-state index contributed by atoms with van der Waals surface area (Å²) in [6, 6.07) is 12.9. The van der Waals surface area contributed by atoms with E-state index >= 15 is 0 Å². The number of hydrogen-bond acceptors (Lipinski definition) is 3. The van der Waals surface area contributed by atoms with Crippen LogP contribution in [0.2, 0.25) is 0 Å². The fourth-order valence-corrected chi connectivity index (χ4v) is 2.58. The molecule has 1 aliphatic heterocycles. The SMILES string of the molecule is COc1cccc2c1OC[C@H](NCc1ccccc1F)C2. The molecule has 0 radical (unpaired) electrons. The maximum Gasteiger partial charge on any atom is 0.164 e. The van der Waals surface area contributed by atoms with Crippen molar-refractivity contribution in [1.29, 1.82) is 0 Å². The van der Waals surface area contributed by atoms with Gasteiger partial charge in [0.2, 0.25) is 0 Å². The summed E-state index contributed by atoms with van der Waals surface area (Å²) in [5, 5.41) is 3.35. The fourth-order valence-electron chi connectivity index (χ4n) is 2.58. The molecule has 4 heteroatoms. The Hall–Kier alpha value is -2.07. The van der Waals surface area contributed by atoms with Crippen molar-refractivity contribution in [3.8, 4) is 11.5 Å². The summed E-state index contributed by atoms with van der Waals surface area (Å²) >= 11 is 0. The van der Waals surface area contributed by atoms with Gasteiger partial charge in [-0.15, -0.1) is 0 Å². The van der Waals surface area contributed by atoms with Crippen LogP contribution in [0.3, 0.4) is 0 Å². The van der Waals surface area contributed by atoms with Crippen LogP contribution in [0.1, 0.15) is 11.1 Å². The predicted octanol–water partition coefficient (Wildman–Crippen LogP) is 2.93. The van der Waals surface area contributed by atoms with Crippen LogP contribution in [0.5, 0.6) is 11.5 Å². The van der Waals surface area contributed by atoms with Crippen molar-refractivity contribution in [2.24, 2.45) is 0 Å². The molecule has 3 rings (SSSR count). The Morgan fingerprint density at radius 2 is 2.10 bits per heavy atom. The standard InChI is InChI=1S/C17H18FNO2/c1-20-16-8-4-6-12-9-14(11-21-17(12)16)19-10-13-5-2-3-7-15(13)18/h2-8,14,19H,9-11H2,1H3/t14-/m1/s1. The number of fused-ring (bicyclic) bond motifs is 1. The van der Waals surface area contributed by atoms with Crippen molar-refractivity contribution in [3.05, 3.63) is 59.4 Å². The quantitative estimate of drug-likeness (QED) is 0.938. The van der Waals surface area contributed by atoms with Crippen LogP contribution in [0.25, 0.3) is 0 Å². The van der Waals surface area contributed by atoms with Gasteiger partial charge in [0.1, 0.15) is 12.4 Å². The zero-order chi connectivity index (χ0) is 14.7. The van der Waals surface area contributed by atoms with Crippen molar-refractivity contribution in [3.63, 3.8) is 0 Å². The summed E-state index contributed by atoms with van der Waals surface area (Å²) in [5.41, 5.74) is 1.79. The van der Waals surface area contributed by atoms with Crippen LogP contribution in [-0.4, -0.2) is 19.8 Å². The number of hydrogen-bond donors (Lipinski definition) is 1. The topological polar surface area (TPSA) is 30.5 Å². The summed E-state index contributed by atoms with van der Waals surface area (Å²) in [7, 11) is 1.64. The van der Waals surface area contributed by atoms with Crippen LogP contribution < -0.4 is 14.8 Å². The maximum absolute atomic E-state index is 13.6. The lowest BCUT2D eigenvalue weighted by Crippen LogP contribution is -2.39. The number of ether oxygens (including phenoxy) is 2. The second-order valence-corrected chi connectivity index (χ2v) is 5.13. The molecule has 0 spiro atoms. The van der Waals surface area contributed by atoms with Crippen molar-refractivity contribution in [2.75, 3.05) is 13.7 Å². The minimum Gasteiger partial charge on any atom is -0.493 e. The van der Waals surface area contributed by atoms with Gasteiger partial charge in [0, 0.05) is 18.2 Å². The molecule has 0 unspecified atom stereocenters. The third-order valence-corrected chi connectivity index (χ3v) is 3.71. The Bertz CT molecular complexity index is 630. The molecule has 0 bridgehead atoms. The van der Waals surface area contributed by atoms with Gasteiger partial charge in [0.05, 0.1) is 7.11 Å². The molecule has 0 aromatic heterocycles. The lowest BCUT2D eigenvalue weighted by Gasteiger charge is -2.27. The van der Waals surface area contributed by atoms with Gasteiger partial charge >= 0.3 is 0 Å². The number of halogens is 1. The minimum absolute atomic E-state index is 0.171. The van der Waals surface area contributed by atoms with E-state index in [9.17, 15) is 4.39 Å². The molecular formula is C17H18FNO2. The lowest BCUT2D eigenvalue weighted by molar-refractivity contribution is 0.226. The van der Waals surface area contributed by atoms with E-state index in [1.807, 2.05) is 24.3 Å².